The quantitative estimate of drug-likeness (QED) is 0.582. The smallest absolute Gasteiger partial charge is 0.0897 e. The van der Waals surface area contributed by atoms with Gasteiger partial charge >= 0.3 is 0 Å². The zero-order valence-corrected chi connectivity index (χ0v) is 13.3. The molecule has 116 valence electrons. The SMILES string of the molecule is CC(C)COCCCNCC(O)COCc1cccs1. The molecule has 0 saturated heterocycles. The molecule has 0 aliphatic heterocycles. The van der Waals surface area contributed by atoms with Crippen molar-refractivity contribution in [3.63, 3.8) is 0 Å². The van der Waals surface area contributed by atoms with E-state index in [1.807, 2.05) is 17.5 Å². The van der Waals surface area contributed by atoms with E-state index in [2.05, 4.69) is 19.2 Å². The van der Waals surface area contributed by atoms with Gasteiger partial charge in [0.25, 0.3) is 0 Å². The Morgan fingerprint density at radius 1 is 1.30 bits per heavy atom. The summed E-state index contributed by atoms with van der Waals surface area (Å²) >= 11 is 1.67. The fourth-order valence-corrected chi connectivity index (χ4v) is 2.28. The average Bonchev–Trinajstić information content (AvgIpc) is 2.90. The fraction of sp³-hybridized carbons (Fsp3) is 0.733. The van der Waals surface area contributed by atoms with Crippen LogP contribution in [-0.2, 0) is 16.1 Å². The van der Waals surface area contributed by atoms with Gasteiger partial charge in [-0.25, -0.2) is 0 Å². The van der Waals surface area contributed by atoms with Crippen molar-refractivity contribution < 1.29 is 14.6 Å². The van der Waals surface area contributed by atoms with Gasteiger partial charge in [0.1, 0.15) is 0 Å². The van der Waals surface area contributed by atoms with E-state index in [9.17, 15) is 5.11 Å². The monoisotopic (exact) mass is 301 g/mol. The molecule has 1 aromatic rings. The second-order valence-corrected chi connectivity index (χ2v) is 6.31. The minimum atomic E-state index is -0.452. The fourth-order valence-electron chi connectivity index (χ4n) is 1.64. The molecule has 0 aliphatic rings. The third kappa shape index (κ3) is 9.44. The van der Waals surface area contributed by atoms with Crippen LogP contribution in [0.5, 0.6) is 0 Å². The highest BCUT2D eigenvalue weighted by Gasteiger charge is 2.04. The van der Waals surface area contributed by atoms with Crippen molar-refractivity contribution in [2.45, 2.75) is 33.0 Å². The Labute approximate surface area is 126 Å². The van der Waals surface area contributed by atoms with Gasteiger partial charge < -0.3 is 19.9 Å². The Morgan fingerprint density at radius 2 is 2.15 bits per heavy atom. The number of thiophene rings is 1. The van der Waals surface area contributed by atoms with E-state index in [0.29, 0.717) is 25.7 Å². The average molecular weight is 301 g/mol. The number of hydrogen-bond acceptors (Lipinski definition) is 5. The number of aliphatic hydroxyl groups is 1. The molecular formula is C15H27NO3S. The molecule has 20 heavy (non-hydrogen) atoms. The Bertz CT molecular complexity index is 317. The predicted octanol–water partition coefficient (Wildman–Crippen LogP) is 2.28. The Balaban J connectivity index is 1.86. The standard InChI is InChI=1S/C15H27NO3S/c1-13(2)10-18-7-4-6-16-9-14(17)11-19-12-15-5-3-8-20-15/h3,5,8,13-14,16-17H,4,6-7,9-12H2,1-2H3. The number of rotatable bonds is 12. The van der Waals surface area contributed by atoms with Crippen molar-refractivity contribution in [1.29, 1.82) is 0 Å². The van der Waals surface area contributed by atoms with E-state index >= 15 is 0 Å². The zero-order chi connectivity index (χ0) is 14.6. The Kier molecular flexibility index (Phi) is 9.87. The van der Waals surface area contributed by atoms with Crippen molar-refractivity contribution in [3.05, 3.63) is 22.4 Å². The van der Waals surface area contributed by atoms with Gasteiger partial charge in [-0.05, 0) is 30.3 Å². The van der Waals surface area contributed by atoms with Gasteiger partial charge in [-0.2, -0.15) is 0 Å². The van der Waals surface area contributed by atoms with Gasteiger partial charge in [0.15, 0.2) is 0 Å². The molecule has 0 bridgehead atoms. The van der Waals surface area contributed by atoms with Gasteiger partial charge in [-0.3, -0.25) is 0 Å². The Hall–Kier alpha value is -0.460. The van der Waals surface area contributed by atoms with Gasteiger partial charge in [0.05, 0.1) is 19.3 Å². The molecular weight excluding hydrogens is 274 g/mol. The molecule has 1 heterocycles. The molecule has 1 rings (SSSR count). The van der Waals surface area contributed by atoms with Crippen molar-refractivity contribution in [2.24, 2.45) is 5.92 Å². The van der Waals surface area contributed by atoms with E-state index < -0.39 is 6.10 Å². The summed E-state index contributed by atoms with van der Waals surface area (Å²) < 4.78 is 10.9. The summed E-state index contributed by atoms with van der Waals surface area (Å²) in [6.45, 7) is 8.26. The Morgan fingerprint density at radius 3 is 2.85 bits per heavy atom. The molecule has 0 spiro atoms. The number of aliphatic hydroxyl groups excluding tert-OH is 1. The summed E-state index contributed by atoms with van der Waals surface area (Å²) in [4.78, 5) is 1.19. The number of ether oxygens (including phenoxy) is 2. The molecule has 0 amide bonds. The molecule has 0 fully saturated rings. The second-order valence-electron chi connectivity index (χ2n) is 5.27. The summed E-state index contributed by atoms with van der Waals surface area (Å²) in [7, 11) is 0. The number of hydrogen-bond donors (Lipinski definition) is 2. The zero-order valence-electron chi connectivity index (χ0n) is 12.5. The third-order valence-corrected chi connectivity index (χ3v) is 3.46. The lowest BCUT2D eigenvalue weighted by atomic mass is 10.2. The van der Waals surface area contributed by atoms with Crippen LogP contribution in [0.1, 0.15) is 25.1 Å². The maximum atomic E-state index is 9.74. The highest BCUT2D eigenvalue weighted by atomic mass is 32.1. The summed E-state index contributed by atoms with van der Waals surface area (Å²) in [5.41, 5.74) is 0. The van der Waals surface area contributed by atoms with E-state index in [1.54, 1.807) is 11.3 Å². The highest BCUT2D eigenvalue weighted by Crippen LogP contribution is 2.09. The van der Waals surface area contributed by atoms with E-state index in [4.69, 9.17) is 9.47 Å². The molecule has 2 N–H and O–H groups in total. The van der Waals surface area contributed by atoms with Crippen LogP contribution in [-0.4, -0.2) is 44.1 Å². The maximum Gasteiger partial charge on any atom is 0.0897 e. The molecule has 0 saturated carbocycles. The second kappa shape index (κ2) is 11.2. The first-order chi connectivity index (χ1) is 9.68. The first-order valence-corrected chi connectivity index (χ1v) is 8.13. The lowest BCUT2D eigenvalue weighted by Crippen LogP contribution is -2.31. The largest absolute Gasteiger partial charge is 0.389 e. The van der Waals surface area contributed by atoms with E-state index in [1.165, 1.54) is 4.88 Å². The van der Waals surface area contributed by atoms with Crippen LogP contribution in [0, 0.1) is 5.92 Å². The van der Waals surface area contributed by atoms with Crippen LogP contribution in [0.4, 0.5) is 0 Å². The van der Waals surface area contributed by atoms with Crippen molar-refractivity contribution in [2.75, 3.05) is 32.9 Å². The first-order valence-electron chi connectivity index (χ1n) is 7.25. The van der Waals surface area contributed by atoms with Crippen molar-refractivity contribution >= 4 is 11.3 Å². The van der Waals surface area contributed by atoms with Crippen LogP contribution in [0.25, 0.3) is 0 Å². The van der Waals surface area contributed by atoms with Crippen LogP contribution >= 0.6 is 11.3 Å². The van der Waals surface area contributed by atoms with E-state index in [0.717, 1.165) is 26.2 Å². The predicted molar refractivity (Wildman–Crippen MR) is 83.1 cm³/mol. The van der Waals surface area contributed by atoms with Crippen molar-refractivity contribution in [1.82, 2.24) is 5.32 Å². The topological polar surface area (TPSA) is 50.7 Å². The van der Waals surface area contributed by atoms with E-state index in [-0.39, 0.29) is 0 Å². The van der Waals surface area contributed by atoms with Crippen molar-refractivity contribution in [3.8, 4) is 0 Å². The molecule has 1 unspecified atom stereocenters. The van der Waals surface area contributed by atoms with Gasteiger partial charge in [-0.1, -0.05) is 19.9 Å². The summed E-state index contributed by atoms with van der Waals surface area (Å²) in [6, 6.07) is 4.04. The lowest BCUT2D eigenvalue weighted by molar-refractivity contribution is 0.0295. The molecule has 0 aromatic carbocycles. The van der Waals surface area contributed by atoms with Crippen LogP contribution in [0.3, 0.4) is 0 Å². The molecule has 1 atom stereocenters. The highest BCUT2D eigenvalue weighted by molar-refractivity contribution is 7.09. The third-order valence-electron chi connectivity index (χ3n) is 2.61. The molecule has 5 heteroatoms. The van der Waals surface area contributed by atoms with Gasteiger partial charge in [0, 0.05) is 24.6 Å². The molecule has 0 aliphatic carbocycles. The molecule has 4 nitrogen and oxygen atoms in total. The van der Waals surface area contributed by atoms with Gasteiger partial charge in [0.2, 0.25) is 0 Å². The minimum absolute atomic E-state index is 0.370. The summed E-state index contributed by atoms with van der Waals surface area (Å²) in [5.74, 6) is 0.588. The lowest BCUT2D eigenvalue weighted by Gasteiger charge is -2.12. The molecule has 0 radical (unpaired) electrons. The molecule has 1 aromatic heterocycles. The van der Waals surface area contributed by atoms with Crippen LogP contribution < -0.4 is 5.32 Å². The summed E-state index contributed by atoms with van der Waals surface area (Å²) in [5, 5.41) is 15.0. The van der Waals surface area contributed by atoms with Gasteiger partial charge in [-0.15, -0.1) is 11.3 Å². The first kappa shape index (κ1) is 17.6. The number of nitrogens with one attached hydrogen (secondary N) is 1. The normalized spacial score (nSPS) is 13.0. The minimum Gasteiger partial charge on any atom is -0.389 e. The maximum absolute atomic E-state index is 9.74. The van der Waals surface area contributed by atoms with Crippen LogP contribution in [0.15, 0.2) is 17.5 Å². The van der Waals surface area contributed by atoms with Crippen LogP contribution in [0.2, 0.25) is 0 Å². The summed E-state index contributed by atoms with van der Waals surface area (Å²) in [6.07, 6.45) is 0.515.